The summed E-state index contributed by atoms with van der Waals surface area (Å²) in [5.41, 5.74) is 1.20. The second-order valence-electron chi connectivity index (χ2n) is 4.54. The van der Waals surface area contributed by atoms with Crippen molar-refractivity contribution in [1.29, 1.82) is 5.26 Å². The van der Waals surface area contributed by atoms with E-state index < -0.39 is 6.67 Å². The number of nitriles is 1. The van der Waals surface area contributed by atoms with Crippen molar-refractivity contribution in [3.8, 4) is 17.7 Å². The molecule has 1 aromatic heterocycles. The summed E-state index contributed by atoms with van der Waals surface area (Å²) < 4.78 is 19.7. The maximum absolute atomic E-state index is 13.0. The maximum Gasteiger partial charge on any atom is 0.342 e. The third-order valence-electron chi connectivity index (χ3n) is 2.93. The Morgan fingerprint density at radius 2 is 2.27 bits per heavy atom. The molecule has 0 spiro atoms. The number of carbonyl (C=O) groups excluding carboxylic acids is 1. The van der Waals surface area contributed by atoms with Gasteiger partial charge in [-0.15, -0.1) is 5.10 Å². The van der Waals surface area contributed by atoms with Crippen LogP contribution in [0.3, 0.4) is 0 Å². The smallest absolute Gasteiger partial charge is 0.342 e. The third kappa shape index (κ3) is 3.23. The van der Waals surface area contributed by atoms with Gasteiger partial charge in [0.2, 0.25) is 5.88 Å². The van der Waals surface area contributed by atoms with Crippen LogP contribution in [0.15, 0.2) is 24.3 Å². The normalized spacial score (nSPS) is 10.1. The Labute approximate surface area is 127 Å². The zero-order chi connectivity index (χ0) is 16.1. The number of benzene rings is 1. The number of aryl methyl sites for hydroxylation is 1. The highest BCUT2D eigenvalue weighted by Gasteiger charge is 2.13. The second-order valence-corrected chi connectivity index (χ2v) is 4.54. The first-order valence-corrected chi connectivity index (χ1v) is 6.70. The molecule has 1 N–H and O–H groups in total. The number of nitrogens with zero attached hydrogens (tertiary/aromatic N) is 3. The number of alkyl halides is 1. The van der Waals surface area contributed by atoms with E-state index in [2.05, 4.69) is 10.4 Å². The molecule has 2 rings (SSSR count). The molecular weight excluding hydrogens is 287 g/mol. The Bertz CT molecular complexity index is 734. The summed E-state index contributed by atoms with van der Waals surface area (Å²) in [5.74, 6) is 0.449. The van der Waals surface area contributed by atoms with E-state index >= 15 is 0 Å². The number of halogens is 1. The van der Waals surface area contributed by atoms with Gasteiger partial charge in [-0.1, -0.05) is 0 Å². The number of nitrogens with one attached hydrogen (secondary N) is 1. The molecule has 114 valence electrons. The molecule has 0 aliphatic rings. The zero-order valence-electron chi connectivity index (χ0n) is 12.3. The molecule has 0 unspecified atom stereocenters. The SMILES string of the molecule is CCNC(=O)n1nc(Oc2ccc(C#N)cc2CF)cc1C. The highest BCUT2D eigenvalue weighted by molar-refractivity contribution is 5.76. The van der Waals surface area contributed by atoms with E-state index in [1.807, 2.05) is 6.07 Å². The monoisotopic (exact) mass is 302 g/mol. The van der Waals surface area contributed by atoms with E-state index in [1.54, 1.807) is 19.9 Å². The summed E-state index contributed by atoms with van der Waals surface area (Å²) in [4.78, 5) is 11.8. The van der Waals surface area contributed by atoms with Crippen molar-refractivity contribution in [2.75, 3.05) is 6.54 Å². The van der Waals surface area contributed by atoms with Gasteiger partial charge in [0.1, 0.15) is 12.4 Å². The van der Waals surface area contributed by atoms with Crippen LogP contribution < -0.4 is 10.1 Å². The second kappa shape index (κ2) is 6.72. The van der Waals surface area contributed by atoms with Crippen LogP contribution >= 0.6 is 0 Å². The summed E-state index contributed by atoms with van der Waals surface area (Å²) in [6.45, 7) is 3.24. The van der Waals surface area contributed by atoms with Crippen molar-refractivity contribution < 1.29 is 13.9 Å². The van der Waals surface area contributed by atoms with Crippen molar-refractivity contribution in [2.24, 2.45) is 0 Å². The lowest BCUT2D eigenvalue weighted by Crippen LogP contribution is -2.29. The lowest BCUT2D eigenvalue weighted by Gasteiger charge is -2.07. The fourth-order valence-corrected chi connectivity index (χ4v) is 1.89. The minimum atomic E-state index is -0.763. The minimum Gasteiger partial charge on any atom is -0.437 e. The van der Waals surface area contributed by atoms with Crippen LogP contribution in [0, 0.1) is 18.3 Å². The number of ether oxygens (including phenoxy) is 1. The molecule has 2 aromatic rings. The molecule has 0 fully saturated rings. The first-order chi connectivity index (χ1) is 10.6. The fourth-order valence-electron chi connectivity index (χ4n) is 1.89. The van der Waals surface area contributed by atoms with Crippen LogP contribution in [0.2, 0.25) is 0 Å². The molecule has 0 bridgehead atoms. The number of amides is 1. The molecular formula is C15H15FN4O2. The topological polar surface area (TPSA) is 79.9 Å². The molecule has 0 saturated carbocycles. The number of aromatic nitrogens is 2. The van der Waals surface area contributed by atoms with Crippen LogP contribution in [0.5, 0.6) is 11.6 Å². The summed E-state index contributed by atoms with van der Waals surface area (Å²) in [6.07, 6.45) is 0. The highest BCUT2D eigenvalue weighted by Crippen LogP contribution is 2.26. The molecule has 22 heavy (non-hydrogen) atoms. The fraction of sp³-hybridized carbons (Fsp3) is 0.267. The predicted octanol–water partition coefficient (Wildman–Crippen LogP) is 2.90. The van der Waals surface area contributed by atoms with Gasteiger partial charge >= 0.3 is 6.03 Å². The first kappa shape index (κ1) is 15.5. The van der Waals surface area contributed by atoms with E-state index in [-0.39, 0.29) is 23.2 Å². The van der Waals surface area contributed by atoms with Crippen molar-refractivity contribution in [3.63, 3.8) is 0 Å². The quantitative estimate of drug-likeness (QED) is 0.941. The van der Waals surface area contributed by atoms with E-state index in [9.17, 15) is 9.18 Å². The molecule has 0 aliphatic carbocycles. The van der Waals surface area contributed by atoms with Crippen LogP contribution in [0.25, 0.3) is 0 Å². The van der Waals surface area contributed by atoms with Gasteiger partial charge in [0.05, 0.1) is 17.3 Å². The van der Waals surface area contributed by atoms with Crippen molar-refractivity contribution >= 4 is 6.03 Å². The molecule has 1 amide bonds. The number of rotatable bonds is 4. The molecule has 0 radical (unpaired) electrons. The zero-order valence-corrected chi connectivity index (χ0v) is 12.3. The van der Waals surface area contributed by atoms with Crippen LogP contribution in [-0.2, 0) is 6.67 Å². The Kier molecular flexibility index (Phi) is 4.73. The summed E-state index contributed by atoms with van der Waals surface area (Å²) >= 11 is 0. The summed E-state index contributed by atoms with van der Waals surface area (Å²) in [5, 5.41) is 15.5. The molecule has 0 atom stereocenters. The average Bonchev–Trinajstić information content (AvgIpc) is 2.88. The number of carbonyl (C=O) groups is 1. The van der Waals surface area contributed by atoms with Gasteiger partial charge in [0, 0.05) is 18.2 Å². The van der Waals surface area contributed by atoms with E-state index in [4.69, 9.17) is 10.00 Å². The lowest BCUT2D eigenvalue weighted by atomic mass is 10.1. The standard InChI is InChI=1S/C15H15FN4O2/c1-3-18-15(21)20-10(2)6-14(19-20)22-13-5-4-11(9-17)7-12(13)8-16/h4-7H,3,8H2,1-2H3,(H,18,21). The molecule has 6 nitrogen and oxygen atoms in total. The number of hydrogen-bond donors (Lipinski definition) is 1. The average molecular weight is 302 g/mol. The van der Waals surface area contributed by atoms with Gasteiger partial charge in [-0.3, -0.25) is 0 Å². The Morgan fingerprint density at radius 1 is 1.50 bits per heavy atom. The van der Waals surface area contributed by atoms with Gasteiger partial charge in [0.25, 0.3) is 0 Å². The Hall–Kier alpha value is -2.88. The minimum absolute atomic E-state index is 0.183. The molecule has 1 aromatic carbocycles. The largest absolute Gasteiger partial charge is 0.437 e. The Balaban J connectivity index is 2.27. The summed E-state index contributed by atoms with van der Waals surface area (Å²) in [7, 11) is 0. The molecule has 7 heteroatoms. The van der Waals surface area contributed by atoms with Gasteiger partial charge in [-0.2, -0.15) is 9.94 Å². The van der Waals surface area contributed by atoms with Crippen LogP contribution in [0.4, 0.5) is 9.18 Å². The van der Waals surface area contributed by atoms with E-state index in [0.29, 0.717) is 17.8 Å². The molecule has 1 heterocycles. The van der Waals surface area contributed by atoms with Gasteiger partial charge < -0.3 is 10.1 Å². The van der Waals surface area contributed by atoms with Gasteiger partial charge in [-0.25, -0.2) is 9.18 Å². The molecule has 0 saturated heterocycles. The third-order valence-corrected chi connectivity index (χ3v) is 2.93. The van der Waals surface area contributed by atoms with Crippen molar-refractivity contribution in [3.05, 3.63) is 41.1 Å². The maximum atomic E-state index is 13.0. The highest BCUT2D eigenvalue weighted by atomic mass is 19.1. The van der Waals surface area contributed by atoms with Crippen LogP contribution in [0.1, 0.15) is 23.7 Å². The first-order valence-electron chi connectivity index (χ1n) is 6.70. The van der Waals surface area contributed by atoms with Crippen LogP contribution in [-0.4, -0.2) is 22.4 Å². The van der Waals surface area contributed by atoms with E-state index in [1.165, 1.54) is 22.9 Å². The van der Waals surface area contributed by atoms with Crippen molar-refractivity contribution in [2.45, 2.75) is 20.5 Å². The summed E-state index contributed by atoms with van der Waals surface area (Å²) in [6, 6.07) is 7.62. The number of hydrogen-bond acceptors (Lipinski definition) is 4. The van der Waals surface area contributed by atoms with Gasteiger partial charge in [0.15, 0.2) is 0 Å². The van der Waals surface area contributed by atoms with Gasteiger partial charge in [-0.05, 0) is 32.0 Å². The predicted molar refractivity (Wildman–Crippen MR) is 77.5 cm³/mol. The Morgan fingerprint density at radius 3 is 2.91 bits per heavy atom. The lowest BCUT2D eigenvalue weighted by molar-refractivity contribution is 0.239. The molecule has 0 aliphatic heterocycles. The van der Waals surface area contributed by atoms with Crippen molar-refractivity contribution in [1.82, 2.24) is 15.1 Å². The van der Waals surface area contributed by atoms with E-state index in [0.717, 1.165) is 0 Å².